The minimum atomic E-state index is 0.386. The van der Waals surface area contributed by atoms with Crippen LogP contribution in [0.3, 0.4) is 0 Å². The Hall–Kier alpha value is -0.820. The van der Waals surface area contributed by atoms with E-state index in [4.69, 9.17) is 5.73 Å². The van der Waals surface area contributed by atoms with Gasteiger partial charge in [-0.2, -0.15) is 0 Å². The van der Waals surface area contributed by atoms with E-state index in [0.717, 1.165) is 6.42 Å². The maximum absolute atomic E-state index is 5.72. The van der Waals surface area contributed by atoms with Gasteiger partial charge in [-0.15, -0.1) is 0 Å². The lowest BCUT2D eigenvalue weighted by Gasteiger charge is -1.95. The molecule has 2 unspecified atom stereocenters. The van der Waals surface area contributed by atoms with Crippen molar-refractivity contribution in [2.45, 2.75) is 19.4 Å². The molecule has 0 bridgehead atoms. The Labute approximate surface area is 68.3 Å². The average Bonchev–Trinajstić information content (AvgIpc) is 2.67. The van der Waals surface area contributed by atoms with Gasteiger partial charge in [-0.3, -0.25) is 0 Å². The Kier molecular flexibility index (Phi) is 2.66. The summed E-state index contributed by atoms with van der Waals surface area (Å²) < 4.78 is 0. The van der Waals surface area contributed by atoms with E-state index >= 15 is 0 Å². The SMILES string of the molecule is C=C/C=C(\C=C/C)C1CC1N. The van der Waals surface area contributed by atoms with Crippen LogP contribution in [0.5, 0.6) is 0 Å². The molecule has 2 N–H and O–H groups in total. The van der Waals surface area contributed by atoms with E-state index in [-0.39, 0.29) is 0 Å². The third-order valence-corrected chi connectivity index (χ3v) is 1.94. The van der Waals surface area contributed by atoms with Gasteiger partial charge in [0.1, 0.15) is 0 Å². The van der Waals surface area contributed by atoms with Crippen LogP contribution in [0.25, 0.3) is 0 Å². The van der Waals surface area contributed by atoms with Crippen molar-refractivity contribution < 1.29 is 0 Å². The van der Waals surface area contributed by atoms with Gasteiger partial charge in [-0.05, 0) is 18.9 Å². The standard InChI is InChI=1S/C10H15N/c1-3-5-8(6-4-2)9-7-10(9)11/h3-6,9-10H,1,7,11H2,2H3/b6-4-,8-5+. The smallest absolute Gasteiger partial charge is 0.0115 e. The fourth-order valence-electron chi connectivity index (χ4n) is 1.23. The van der Waals surface area contributed by atoms with E-state index in [1.165, 1.54) is 5.57 Å². The molecule has 0 radical (unpaired) electrons. The van der Waals surface area contributed by atoms with E-state index in [2.05, 4.69) is 12.7 Å². The zero-order valence-corrected chi connectivity index (χ0v) is 6.96. The molecule has 1 rings (SSSR count). The maximum atomic E-state index is 5.72. The summed E-state index contributed by atoms with van der Waals surface area (Å²) in [7, 11) is 0. The van der Waals surface area contributed by atoms with Crippen molar-refractivity contribution >= 4 is 0 Å². The van der Waals surface area contributed by atoms with Crippen LogP contribution in [-0.2, 0) is 0 Å². The van der Waals surface area contributed by atoms with Gasteiger partial charge in [0.2, 0.25) is 0 Å². The zero-order valence-electron chi connectivity index (χ0n) is 6.96. The minimum Gasteiger partial charge on any atom is -0.327 e. The molecule has 1 fully saturated rings. The molecular formula is C10H15N. The molecule has 0 saturated heterocycles. The van der Waals surface area contributed by atoms with Crippen LogP contribution in [0, 0.1) is 5.92 Å². The highest BCUT2D eigenvalue weighted by Gasteiger charge is 2.34. The van der Waals surface area contributed by atoms with Crippen molar-refractivity contribution in [3.05, 3.63) is 36.5 Å². The molecule has 0 amide bonds. The zero-order chi connectivity index (χ0) is 8.27. The molecule has 1 heteroatoms. The fourth-order valence-corrected chi connectivity index (χ4v) is 1.23. The van der Waals surface area contributed by atoms with Crippen LogP contribution in [0.2, 0.25) is 0 Å². The molecule has 2 atom stereocenters. The second-order valence-corrected chi connectivity index (χ2v) is 2.91. The summed E-state index contributed by atoms with van der Waals surface area (Å²) in [5, 5.41) is 0. The summed E-state index contributed by atoms with van der Waals surface area (Å²) in [6.45, 7) is 5.69. The van der Waals surface area contributed by atoms with Crippen molar-refractivity contribution in [1.29, 1.82) is 0 Å². The molecule has 1 aliphatic rings. The highest BCUT2D eigenvalue weighted by atomic mass is 14.7. The Morgan fingerprint density at radius 1 is 1.64 bits per heavy atom. The van der Waals surface area contributed by atoms with Gasteiger partial charge < -0.3 is 5.73 Å². The number of nitrogens with two attached hydrogens (primary N) is 1. The predicted molar refractivity (Wildman–Crippen MR) is 49.2 cm³/mol. The summed E-state index contributed by atoms with van der Waals surface area (Å²) in [5.74, 6) is 0.587. The van der Waals surface area contributed by atoms with E-state index in [1.54, 1.807) is 0 Å². The number of hydrogen-bond acceptors (Lipinski definition) is 1. The molecule has 0 aromatic heterocycles. The lowest BCUT2D eigenvalue weighted by atomic mass is 10.1. The Morgan fingerprint density at radius 3 is 2.64 bits per heavy atom. The average molecular weight is 149 g/mol. The van der Waals surface area contributed by atoms with Gasteiger partial charge in [0.25, 0.3) is 0 Å². The van der Waals surface area contributed by atoms with Gasteiger partial charge in [-0.25, -0.2) is 0 Å². The van der Waals surface area contributed by atoms with Gasteiger partial charge in [0.15, 0.2) is 0 Å². The van der Waals surface area contributed by atoms with Gasteiger partial charge in [0, 0.05) is 12.0 Å². The van der Waals surface area contributed by atoms with Crippen molar-refractivity contribution in [2.75, 3.05) is 0 Å². The fraction of sp³-hybridized carbons (Fsp3) is 0.400. The first-order valence-electron chi connectivity index (χ1n) is 4.00. The predicted octanol–water partition coefficient (Wildman–Crippen LogP) is 2.02. The normalized spacial score (nSPS) is 30.9. The molecule has 0 heterocycles. The van der Waals surface area contributed by atoms with Crippen LogP contribution in [0.15, 0.2) is 36.5 Å². The summed E-state index contributed by atoms with van der Waals surface area (Å²) in [6, 6.07) is 0.386. The van der Waals surface area contributed by atoms with Crippen LogP contribution in [0.4, 0.5) is 0 Å². The van der Waals surface area contributed by atoms with Gasteiger partial charge >= 0.3 is 0 Å². The monoisotopic (exact) mass is 149 g/mol. The molecule has 60 valence electrons. The quantitative estimate of drug-likeness (QED) is 0.610. The largest absolute Gasteiger partial charge is 0.327 e. The van der Waals surface area contributed by atoms with E-state index in [1.807, 2.05) is 25.2 Å². The summed E-state index contributed by atoms with van der Waals surface area (Å²) in [5.41, 5.74) is 7.03. The van der Waals surface area contributed by atoms with Gasteiger partial charge in [0.05, 0.1) is 0 Å². The third kappa shape index (κ3) is 2.05. The summed E-state index contributed by atoms with van der Waals surface area (Å²) >= 11 is 0. The molecule has 11 heavy (non-hydrogen) atoms. The highest BCUT2D eigenvalue weighted by Crippen LogP contribution is 2.35. The second kappa shape index (κ2) is 3.54. The Morgan fingerprint density at radius 2 is 2.27 bits per heavy atom. The summed E-state index contributed by atoms with van der Waals surface area (Å²) in [6.07, 6.45) is 9.14. The summed E-state index contributed by atoms with van der Waals surface area (Å²) in [4.78, 5) is 0. The molecule has 0 aromatic carbocycles. The van der Waals surface area contributed by atoms with Crippen LogP contribution < -0.4 is 5.73 Å². The van der Waals surface area contributed by atoms with Crippen LogP contribution in [-0.4, -0.2) is 6.04 Å². The lowest BCUT2D eigenvalue weighted by Crippen LogP contribution is -2.02. The van der Waals surface area contributed by atoms with Crippen molar-refractivity contribution in [1.82, 2.24) is 0 Å². The first kappa shape index (κ1) is 8.28. The number of allylic oxidation sites excluding steroid dienone is 4. The van der Waals surface area contributed by atoms with E-state index < -0.39 is 0 Å². The van der Waals surface area contributed by atoms with Gasteiger partial charge in [-0.1, -0.05) is 30.9 Å². The number of rotatable bonds is 3. The Balaban J connectivity index is 2.60. The van der Waals surface area contributed by atoms with E-state index in [9.17, 15) is 0 Å². The first-order chi connectivity index (χ1) is 5.29. The molecule has 0 aliphatic heterocycles. The molecule has 1 aliphatic carbocycles. The highest BCUT2D eigenvalue weighted by molar-refractivity contribution is 5.31. The molecule has 1 saturated carbocycles. The number of hydrogen-bond donors (Lipinski definition) is 1. The lowest BCUT2D eigenvalue weighted by molar-refractivity contribution is 0.941. The molecule has 1 nitrogen and oxygen atoms in total. The van der Waals surface area contributed by atoms with Crippen LogP contribution >= 0.6 is 0 Å². The maximum Gasteiger partial charge on any atom is 0.0115 e. The minimum absolute atomic E-state index is 0.386. The van der Waals surface area contributed by atoms with E-state index in [0.29, 0.717) is 12.0 Å². The molecule has 0 aromatic rings. The molecule has 0 spiro atoms. The first-order valence-corrected chi connectivity index (χ1v) is 4.00. The van der Waals surface area contributed by atoms with Crippen molar-refractivity contribution in [3.8, 4) is 0 Å². The Bertz CT molecular complexity index is 201. The van der Waals surface area contributed by atoms with Crippen molar-refractivity contribution in [3.63, 3.8) is 0 Å². The van der Waals surface area contributed by atoms with Crippen LogP contribution in [0.1, 0.15) is 13.3 Å². The second-order valence-electron chi connectivity index (χ2n) is 2.91. The molecular weight excluding hydrogens is 134 g/mol. The van der Waals surface area contributed by atoms with Crippen molar-refractivity contribution in [2.24, 2.45) is 11.7 Å². The third-order valence-electron chi connectivity index (χ3n) is 1.94. The topological polar surface area (TPSA) is 26.0 Å².